The number of aliphatic hydroxyl groups is 1. The first kappa shape index (κ1) is 54.7. The molecule has 71 heavy (non-hydrogen) atoms. The van der Waals surface area contributed by atoms with Crippen LogP contribution in [0, 0.1) is 0 Å². The molecule has 0 spiro atoms. The summed E-state index contributed by atoms with van der Waals surface area (Å²) in [5.41, 5.74) is 1.10. The van der Waals surface area contributed by atoms with Crippen LogP contribution in [0.15, 0.2) is 180 Å². The average Bonchev–Trinajstić information content (AvgIpc) is 3.73. The Bertz CT molecular complexity index is 2850. The van der Waals surface area contributed by atoms with Crippen molar-refractivity contribution >= 4 is 80.6 Å². The Hall–Kier alpha value is -5.61. The number of hydrogen-bond acceptors (Lipinski definition) is 9. The van der Waals surface area contributed by atoms with Crippen LogP contribution in [0.2, 0.25) is 10.1 Å². The third-order valence-electron chi connectivity index (χ3n) is 12.7. The minimum absolute atomic E-state index is 0.0952. The summed E-state index contributed by atoms with van der Waals surface area (Å²) < 4.78 is 66.7. The fourth-order valence-electron chi connectivity index (χ4n) is 9.17. The number of carbonyl (C=O) groups excluding carboxylic acids is 2. The molecular formula is C54H66N4O9S2Si2. The van der Waals surface area contributed by atoms with Crippen LogP contribution >= 0.6 is 0 Å². The van der Waals surface area contributed by atoms with Gasteiger partial charge in [-0.05, 0) is 99.9 Å². The van der Waals surface area contributed by atoms with E-state index < -0.39 is 54.8 Å². The highest BCUT2D eigenvalue weighted by Crippen LogP contribution is 2.40. The molecule has 17 heteroatoms. The minimum Gasteiger partial charge on any atom is -0.396 e. The number of carbonyl (C=O) groups is 2. The monoisotopic (exact) mass is 1030 g/mol. The third kappa shape index (κ3) is 12.0. The van der Waals surface area contributed by atoms with E-state index in [1.807, 2.05) is 97.1 Å². The Balaban J connectivity index is 0.000000232. The van der Waals surface area contributed by atoms with Crippen LogP contribution in [0.1, 0.15) is 54.4 Å². The molecule has 2 amide bonds. The first-order valence-corrected chi connectivity index (χ1v) is 30.3. The summed E-state index contributed by atoms with van der Waals surface area (Å²) in [7, 11) is -10.3. The number of rotatable bonds is 17. The fraction of sp³-hybridized carbons (Fsp3) is 0.296. The summed E-state index contributed by atoms with van der Waals surface area (Å²) in [5, 5.41) is 16.4. The molecule has 1 saturated heterocycles. The Morgan fingerprint density at radius 3 is 1.37 bits per heavy atom. The number of nitrogens with one attached hydrogen (secondary N) is 3. The number of aliphatic hydroxyl groups excluding tert-OH is 1. The third-order valence-corrected chi connectivity index (χ3v) is 25.7. The molecule has 0 bridgehead atoms. The Labute approximate surface area is 422 Å². The van der Waals surface area contributed by atoms with Gasteiger partial charge in [-0.2, -0.15) is 0 Å². The number of hydrogen-bond donors (Lipinski definition) is 4. The first-order valence-electron chi connectivity index (χ1n) is 23.5. The molecule has 0 aromatic heterocycles. The second-order valence-corrected chi connectivity index (χ2v) is 31.5. The summed E-state index contributed by atoms with van der Waals surface area (Å²) in [4.78, 5) is 29.0. The lowest BCUT2D eigenvalue weighted by Crippen LogP contribution is -2.68. The maximum Gasteiger partial charge on any atom is 0.262 e. The maximum atomic E-state index is 13.6. The summed E-state index contributed by atoms with van der Waals surface area (Å²) >= 11 is 0. The van der Waals surface area contributed by atoms with Crippen molar-refractivity contribution in [3.63, 3.8) is 0 Å². The number of amides is 2. The number of sulfonamides is 2. The Morgan fingerprint density at radius 2 is 1.00 bits per heavy atom. The van der Waals surface area contributed by atoms with Gasteiger partial charge in [-0.15, -0.1) is 0 Å². The van der Waals surface area contributed by atoms with Crippen LogP contribution in [-0.2, 0) is 38.5 Å². The van der Waals surface area contributed by atoms with Gasteiger partial charge >= 0.3 is 0 Å². The molecule has 0 unspecified atom stereocenters. The van der Waals surface area contributed by atoms with Crippen molar-refractivity contribution in [2.24, 2.45) is 0 Å². The molecule has 6 aromatic rings. The van der Waals surface area contributed by atoms with Crippen molar-refractivity contribution in [2.45, 2.75) is 86.5 Å². The van der Waals surface area contributed by atoms with Gasteiger partial charge in [0.2, 0.25) is 20.0 Å². The summed E-state index contributed by atoms with van der Waals surface area (Å²) in [6, 6.07) is 52.8. The molecule has 6 aromatic carbocycles. The lowest BCUT2D eigenvalue weighted by Gasteiger charge is -2.44. The van der Waals surface area contributed by atoms with Gasteiger partial charge in [-0.25, -0.2) is 26.3 Å². The predicted molar refractivity (Wildman–Crippen MR) is 288 cm³/mol. The molecule has 1 heterocycles. The van der Waals surface area contributed by atoms with E-state index >= 15 is 0 Å². The van der Waals surface area contributed by atoms with Gasteiger partial charge in [-0.1, -0.05) is 163 Å². The molecule has 2 atom stereocenters. The number of anilines is 2. The highest BCUT2D eigenvalue weighted by molar-refractivity contribution is 7.89. The van der Waals surface area contributed by atoms with Crippen molar-refractivity contribution in [1.82, 2.24) is 9.44 Å². The minimum atomic E-state index is -3.58. The highest BCUT2D eigenvalue weighted by atomic mass is 32.2. The van der Waals surface area contributed by atoms with Crippen LogP contribution < -0.4 is 40.4 Å². The molecule has 376 valence electrons. The number of benzene rings is 6. The molecule has 1 fully saturated rings. The van der Waals surface area contributed by atoms with Gasteiger partial charge in [0.15, 0.2) is 0 Å². The Kier molecular flexibility index (Phi) is 17.6. The molecule has 0 radical (unpaired) electrons. The SMILES string of the molecule is CNS(=O)(=O)c1ccc(N2CC[C@@H](O[Si](c3ccccc3)(c3ccccc3)C(C)(C)C)C2=O)cc1.CNS(=O)(=O)c1ccc(NC(=O)[C@@H](CCO)O[Si](c2ccccc2)(c2ccccc2)C(C)(C)C)cc1. The molecule has 0 aliphatic carbocycles. The van der Waals surface area contributed by atoms with Crippen molar-refractivity contribution in [3.05, 3.63) is 170 Å². The van der Waals surface area contributed by atoms with Gasteiger partial charge in [0.25, 0.3) is 28.4 Å². The van der Waals surface area contributed by atoms with Crippen LogP contribution in [0.5, 0.6) is 0 Å². The van der Waals surface area contributed by atoms with Crippen molar-refractivity contribution < 1.29 is 40.4 Å². The average molecular weight is 1040 g/mol. The molecule has 4 N–H and O–H groups in total. The second kappa shape index (κ2) is 22.9. The highest BCUT2D eigenvalue weighted by Gasteiger charge is 2.54. The van der Waals surface area contributed by atoms with Crippen molar-refractivity contribution in [1.29, 1.82) is 0 Å². The smallest absolute Gasteiger partial charge is 0.262 e. The zero-order chi connectivity index (χ0) is 51.7. The van der Waals surface area contributed by atoms with Gasteiger partial charge < -0.3 is 24.2 Å². The predicted octanol–water partition coefficient (Wildman–Crippen LogP) is 6.14. The van der Waals surface area contributed by atoms with Crippen molar-refractivity contribution in [2.75, 3.05) is 37.5 Å². The van der Waals surface area contributed by atoms with Crippen LogP contribution in [0.3, 0.4) is 0 Å². The zero-order valence-electron chi connectivity index (χ0n) is 41.6. The van der Waals surface area contributed by atoms with Crippen molar-refractivity contribution in [3.8, 4) is 0 Å². The lowest BCUT2D eigenvalue weighted by molar-refractivity contribution is -0.124. The molecule has 13 nitrogen and oxygen atoms in total. The van der Waals surface area contributed by atoms with E-state index in [-0.39, 0.29) is 38.8 Å². The van der Waals surface area contributed by atoms with Crippen LogP contribution in [-0.4, -0.2) is 89.8 Å². The molecule has 1 aliphatic rings. The van der Waals surface area contributed by atoms with Crippen LogP contribution in [0.4, 0.5) is 11.4 Å². The largest absolute Gasteiger partial charge is 0.396 e. The summed E-state index contributed by atoms with van der Waals surface area (Å²) in [5.74, 6) is -0.497. The van der Waals surface area contributed by atoms with E-state index in [4.69, 9.17) is 8.85 Å². The summed E-state index contributed by atoms with van der Waals surface area (Å²) in [6.45, 7) is 13.2. The lowest BCUT2D eigenvalue weighted by atomic mass is 10.2. The maximum absolute atomic E-state index is 13.6. The topological polar surface area (TPSA) is 180 Å². The normalized spacial score (nSPS) is 15.1. The fourth-order valence-corrected chi connectivity index (χ4v) is 20.0. The molecule has 1 aliphatic heterocycles. The van der Waals surface area contributed by atoms with Crippen LogP contribution in [0.25, 0.3) is 0 Å². The molecule has 0 saturated carbocycles. The van der Waals surface area contributed by atoms with E-state index in [1.54, 1.807) is 17.0 Å². The van der Waals surface area contributed by atoms with E-state index in [0.29, 0.717) is 24.3 Å². The van der Waals surface area contributed by atoms with Gasteiger partial charge in [0.05, 0.1) is 9.79 Å². The molecular weight excluding hydrogens is 969 g/mol. The standard InChI is InChI=1S/C27H34N2O5SSi.C27H32N2O4SSi/c1-27(2,3)36(23-11-7-5-8-12-23,24-13-9-6-10-14-24)34-25(19-20-30)26(31)29-21-15-17-22(18-16-21)35(32,33)28-4;1-27(2,3)35(23-11-7-5-8-12-23,24-13-9-6-10-14-24)33-25-19-20-29(26(25)30)21-15-17-22(18-16-21)34(31,32)28-4/h5-18,25,28,30H,19-20H2,1-4H3,(H,29,31);5-18,25,28H,19-20H2,1-4H3/t2*25-/m11/s1. The van der Waals surface area contributed by atoms with E-state index in [2.05, 4.69) is 80.6 Å². The van der Waals surface area contributed by atoms with E-state index in [0.717, 1.165) is 20.7 Å². The van der Waals surface area contributed by atoms with Gasteiger partial charge in [0, 0.05) is 30.9 Å². The zero-order valence-corrected chi connectivity index (χ0v) is 45.3. The molecule has 7 rings (SSSR count). The van der Waals surface area contributed by atoms with E-state index in [9.17, 15) is 31.5 Å². The van der Waals surface area contributed by atoms with Gasteiger partial charge in [-0.3, -0.25) is 9.59 Å². The quantitative estimate of drug-likeness (QED) is 0.0782. The second-order valence-electron chi connectivity index (χ2n) is 19.3. The first-order chi connectivity index (χ1) is 33.6. The van der Waals surface area contributed by atoms with E-state index in [1.165, 1.54) is 50.5 Å². The summed E-state index contributed by atoms with van der Waals surface area (Å²) in [6.07, 6.45) is -0.827. The van der Waals surface area contributed by atoms with Gasteiger partial charge in [0.1, 0.15) is 12.2 Å². The Morgan fingerprint density at radius 1 is 0.620 bits per heavy atom. The number of nitrogens with zero attached hydrogens (tertiary/aromatic N) is 1.